The summed E-state index contributed by atoms with van der Waals surface area (Å²) in [5.41, 5.74) is 2.93. The van der Waals surface area contributed by atoms with Crippen LogP contribution in [0, 0.1) is 5.41 Å². The molecule has 0 bridgehead atoms. The Balaban J connectivity index is 1.69. The first-order valence-electron chi connectivity index (χ1n) is 6.76. The van der Waals surface area contributed by atoms with E-state index in [9.17, 15) is 0 Å². The normalized spacial score (nSPS) is 20.3. The number of fused-ring (bicyclic) bond motifs is 1. The van der Waals surface area contributed by atoms with Gasteiger partial charge in [-0.15, -0.1) is 0 Å². The van der Waals surface area contributed by atoms with Gasteiger partial charge >= 0.3 is 0 Å². The third-order valence-corrected chi connectivity index (χ3v) is 4.07. The minimum atomic E-state index is 0.533. The summed E-state index contributed by atoms with van der Waals surface area (Å²) in [6, 6.07) is 4.30. The molecule has 1 aliphatic rings. The van der Waals surface area contributed by atoms with Crippen molar-refractivity contribution in [2.75, 3.05) is 13.1 Å². The summed E-state index contributed by atoms with van der Waals surface area (Å²) < 4.78 is 2.10. The molecule has 2 aromatic rings. The fourth-order valence-electron chi connectivity index (χ4n) is 2.63. The van der Waals surface area contributed by atoms with Crippen LogP contribution in [0.2, 0.25) is 0 Å². The lowest BCUT2D eigenvalue weighted by molar-refractivity contribution is 0.127. The van der Waals surface area contributed by atoms with Crippen LogP contribution in [0.1, 0.15) is 32.3 Å². The monoisotopic (exact) mass is 243 g/mol. The number of imidazole rings is 1. The van der Waals surface area contributed by atoms with Gasteiger partial charge < -0.3 is 4.40 Å². The molecule has 0 saturated carbocycles. The molecule has 3 rings (SSSR count). The molecule has 3 heteroatoms. The Bertz CT molecular complexity index is 531. The third kappa shape index (κ3) is 2.41. The molecule has 96 valence electrons. The lowest BCUT2D eigenvalue weighted by Gasteiger charge is -2.36. The zero-order valence-electron chi connectivity index (χ0n) is 11.3. The van der Waals surface area contributed by atoms with E-state index in [1.165, 1.54) is 31.5 Å². The van der Waals surface area contributed by atoms with Gasteiger partial charge in [-0.3, -0.25) is 4.90 Å². The van der Waals surface area contributed by atoms with Crippen molar-refractivity contribution in [2.24, 2.45) is 5.41 Å². The van der Waals surface area contributed by atoms with Crippen LogP contribution in [0.3, 0.4) is 0 Å². The van der Waals surface area contributed by atoms with E-state index in [1.807, 2.05) is 12.4 Å². The molecular formula is C15H21N3. The number of hydrogen-bond donors (Lipinski definition) is 0. The van der Waals surface area contributed by atoms with Gasteiger partial charge in [0.15, 0.2) is 0 Å². The fourth-order valence-corrected chi connectivity index (χ4v) is 2.63. The van der Waals surface area contributed by atoms with Crippen molar-refractivity contribution in [3.8, 4) is 0 Å². The van der Waals surface area contributed by atoms with E-state index < -0.39 is 0 Å². The molecule has 0 atom stereocenters. The van der Waals surface area contributed by atoms with Gasteiger partial charge in [0.1, 0.15) is 5.65 Å². The summed E-state index contributed by atoms with van der Waals surface area (Å²) in [5, 5.41) is 0. The van der Waals surface area contributed by atoms with Gasteiger partial charge in [-0.1, -0.05) is 19.9 Å². The maximum Gasteiger partial charge on any atom is 0.136 e. The predicted molar refractivity (Wildman–Crippen MR) is 73.5 cm³/mol. The van der Waals surface area contributed by atoms with Gasteiger partial charge in [0.25, 0.3) is 0 Å². The van der Waals surface area contributed by atoms with E-state index in [1.54, 1.807) is 0 Å². The lowest BCUT2D eigenvalue weighted by Crippen LogP contribution is -2.36. The van der Waals surface area contributed by atoms with Gasteiger partial charge in [0.2, 0.25) is 0 Å². The molecule has 0 N–H and O–H groups in total. The summed E-state index contributed by atoms with van der Waals surface area (Å²) >= 11 is 0. The summed E-state index contributed by atoms with van der Waals surface area (Å²) in [6.45, 7) is 8.25. The highest BCUT2D eigenvalue weighted by Gasteiger charge is 2.25. The smallest absolute Gasteiger partial charge is 0.136 e. The Morgan fingerprint density at radius 2 is 2.00 bits per heavy atom. The van der Waals surface area contributed by atoms with Gasteiger partial charge in [0, 0.05) is 25.1 Å². The van der Waals surface area contributed by atoms with E-state index in [4.69, 9.17) is 0 Å². The van der Waals surface area contributed by atoms with Gasteiger partial charge in [-0.05, 0) is 43.0 Å². The molecule has 0 unspecified atom stereocenters. The average molecular weight is 243 g/mol. The first kappa shape index (κ1) is 11.7. The van der Waals surface area contributed by atoms with Crippen LogP contribution in [-0.2, 0) is 6.54 Å². The van der Waals surface area contributed by atoms with Crippen LogP contribution in [-0.4, -0.2) is 27.4 Å². The van der Waals surface area contributed by atoms with Gasteiger partial charge in [0.05, 0.1) is 0 Å². The molecule has 0 amide bonds. The highest BCUT2D eigenvalue weighted by molar-refractivity contribution is 5.39. The Morgan fingerprint density at radius 1 is 1.22 bits per heavy atom. The number of likely N-dealkylation sites (tertiary alicyclic amines) is 1. The summed E-state index contributed by atoms with van der Waals surface area (Å²) in [5.74, 6) is 0. The molecule has 1 fully saturated rings. The number of hydrogen-bond acceptors (Lipinski definition) is 2. The Morgan fingerprint density at radius 3 is 2.78 bits per heavy atom. The molecule has 1 aliphatic heterocycles. The molecule has 0 aliphatic carbocycles. The molecule has 2 aromatic heterocycles. The lowest BCUT2D eigenvalue weighted by atomic mass is 9.82. The second-order valence-corrected chi connectivity index (χ2v) is 6.17. The van der Waals surface area contributed by atoms with Crippen LogP contribution < -0.4 is 0 Å². The Labute approximate surface area is 108 Å². The first-order chi connectivity index (χ1) is 8.62. The number of pyridine rings is 1. The quantitative estimate of drug-likeness (QED) is 0.808. The third-order valence-electron chi connectivity index (χ3n) is 4.07. The van der Waals surface area contributed by atoms with E-state index in [0.717, 1.165) is 12.2 Å². The van der Waals surface area contributed by atoms with Crippen LogP contribution in [0.4, 0.5) is 0 Å². The molecule has 0 radical (unpaired) electrons. The van der Waals surface area contributed by atoms with Crippen LogP contribution in [0.25, 0.3) is 5.65 Å². The molecular weight excluding hydrogens is 222 g/mol. The highest BCUT2D eigenvalue weighted by Crippen LogP contribution is 2.30. The molecule has 3 heterocycles. The van der Waals surface area contributed by atoms with Gasteiger partial charge in [-0.2, -0.15) is 0 Å². The second-order valence-electron chi connectivity index (χ2n) is 6.17. The SMILES string of the molecule is CC1(C)CCN(Cc2ccc3nccn3c2)CC1. The second kappa shape index (κ2) is 4.39. The molecule has 3 nitrogen and oxygen atoms in total. The van der Waals surface area contributed by atoms with E-state index in [0.29, 0.717) is 5.41 Å². The molecule has 0 aromatic carbocycles. The molecule has 0 spiro atoms. The van der Waals surface area contributed by atoms with E-state index >= 15 is 0 Å². The van der Waals surface area contributed by atoms with Crippen molar-refractivity contribution < 1.29 is 0 Å². The summed E-state index contributed by atoms with van der Waals surface area (Å²) in [4.78, 5) is 6.83. The van der Waals surface area contributed by atoms with Crippen molar-refractivity contribution in [1.82, 2.24) is 14.3 Å². The number of piperidine rings is 1. The van der Waals surface area contributed by atoms with Crippen LogP contribution in [0.5, 0.6) is 0 Å². The molecule has 1 saturated heterocycles. The average Bonchev–Trinajstić information content (AvgIpc) is 2.79. The van der Waals surface area contributed by atoms with Crippen molar-refractivity contribution in [2.45, 2.75) is 33.2 Å². The maximum atomic E-state index is 4.28. The predicted octanol–water partition coefficient (Wildman–Crippen LogP) is 2.96. The number of aromatic nitrogens is 2. The standard InChI is InChI=1S/C15H21N3/c1-15(2)5-8-17(9-6-15)11-13-3-4-14-16-7-10-18(14)12-13/h3-4,7,10,12H,5-6,8-9,11H2,1-2H3. The first-order valence-corrected chi connectivity index (χ1v) is 6.76. The zero-order valence-corrected chi connectivity index (χ0v) is 11.3. The van der Waals surface area contributed by atoms with Crippen LogP contribution in [0.15, 0.2) is 30.7 Å². The Kier molecular flexibility index (Phi) is 2.86. The van der Waals surface area contributed by atoms with E-state index in [-0.39, 0.29) is 0 Å². The van der Waals surface area contributed by atoms with Crippen molar-refractivity contribution in [1.29, 1.82) is 0 Å². The van der Waals surface area contributed by atoms with Crippen LogP contribution >= 0.6 is 0 Å². The van der Waals surface area contributed by atoms with Gasteiger partial charge in [-0.25, -0.2) is 4.98 Å². The van der Waals surface area contributed by atoms with Crippen molar-refractivity contribution in [3.63, 3.8) is 0 Å². The number of rotatable bonds is 2. The van der Waals surface area contributed by atoms with E-state index in [2.05, 4.69) is 46.5 Å². The maximum absolute atomic E-state index is 4.28. The summed E-state index contributed by atoms with van der Waals surface area (Å²) in [7, 11) is 0. The number of nitrogens with zero attached hydrogens (tertiary/aromatic N) is 3. The molecule has 18 heavy (non-hydrogen) atoms. The fraction of sp³-hybridized carbons (Fsp3) is 0.533. The minimum absolute atomic E-state index is 0.533. The summed E-state index contributed by atoms with van der Waals surface area (Å²) in [6.07, 6.45) is 8.67. The zero-order chi connectivity index (χ0) is 12.6. The highest BCUT2D eigenvalue weighted by atomic mass is 15.1. The largest absolute Gasteiger partial charge is 0.307 e. The van der Waals surface area contributed by atoms with Crippen molar-refractivity contribution >= 4 is 5.65 Å². The van der Waals surface area contributed by atoms with Crippen molar-refractivity contribution in [3.05, 3.63) is 36.3 Å². The minimum Gasteiger partial charge on any atom is -0.307 e. The topological polar surface area (TPSA) is 20.5 Å². The Hall–Kier alpha value is -1.35.